The highest BCUT2D eigenvalue weighted by atomic mass is 35.5. The molecule has 19 heavy (non-hydrogen) atoms. The largest absolute Gasteiger partial charge is 0.368 e. The van der Waals surface area contributed by atoms with Crippen molar-refractivity contribution in [2.24, 2.45) is 0 Å². The van der Waals surface area contributed by atoms with Crippen LogP contribution in [0.5, 0.6) is 0 Å². The first-order valence-electron chi connectivity index (χ1n) is 5.95. The number of anilines is 1. The zero-order valence-corrected chi connectivity index (χ0v) is 11.6. The summed E-state index contributed by atoms with van der Waals surface area (Å²) in [5.41, 5.74) is 0.696. The Balaban J connectivity index is 2.09. The van der Waals surface area contributed by atoms with Gasteiger partial charge in [0.25, 0.3) is 0 Å². The fourth-order valence-corrected chi connectivity index (χ4v) is 1.90. The monoisotopic (exact) mass is 279 g/mol. The van der Waals surface area contributed by atoms with Gasteiger partial charge in [0.2, 0.25) is 0 Å². The van der Waals surface area contributed by atoms with Gasteiger partial charge < -0.3 is 5.32 Å². The summed E-state index contributed by atoms with van der Waals surface area (Å²) in [6, 6.07) is 6.61. The van der Waals surface area contributed by atoms with Gasteiger partial charge in [0.1, 0.15) is 16.8 Å². The van der Waals surface area contributed by atoms with E-state index in [1.54, 1.807) is 18.3 Å². The summed E-state index contributed by atoms with van der Waals surface area (Å²) in [5, 5.41) is 3.50. The minimum atomic E-state index is -0.230. The van der Waals surface area contributed by atoms with Crippen molar-refractivity contribution < 1.29 is 4.39 Å². The lowest BCUT2D eigenvalue weighted by Crippen LogP contribution is -2.28. The summed E-state index contributed by atoms with van der Waals surface area (Å²) in [7, 11) is 0. The number of nitrogens with one attached hydrogen (secondary N) is 1. The standard InChI is InChI=1S/C14H15ClFN3/c1-14(2,10-4-3-5-11(16)6-10)9-18-13-8-17-7-12(15)19-13/h3-8H,9H2,1-2H3,(H,18,19). The third kappa shape index (κ3) is 3.64. The van der Waals surface area contributed by atoms with Crippen LogP contribution in [-0.4, -0.2) is 16.5 Å². The highest BCUT2D eigenvalue weighted by molar-refractivity contribution is 6.29. The molecule has 0 bridgehead atoms. The average Bonchev–Trinajstić information content (AvgIpc) is 2.37. The second-order valence-electron chi connectivity index (χ2n) is 4.97. The van der Waals surface area contributed by atoms with E-state index in [2.05, 4.69) is 15.3 Å². The van der Waals surface area contributed by atoms with Gasteiger partial charge in [-0.15, -0.1) is 0 Å². The van der Waals surface area contributed by atoms with Crippen molar-refractivity contribution in [3.8, 4) is 0 Å². The van der Waals surface area contributed by atoms with Gasteiger partial charge in [0, 0.05) is 12.0 Å². The van der Waals surface area contributed by atoms with Crippen molar-refractivity contribution in [1.29, 1.82) is 0 Å². The van der Waals surface area contributed by atoms with Crippen LogP contribution in [0.2, 0.25) is 5.15 Å². The molecule has 1 N–H and O–H groups in total. The SMILES string of the molecule is CC(C)(CNc1cncc(Cl)n1)c1cccc(F)c1. The van der Waals surface area contributed by atoms with Crippen molar-refractivity contribution in [2.45, 2.75) is 19.3 Å². The quantitative estimate of drug-likeness (QED) is 0.928. The highest BCUT2D eigenvalue weighted by Gasteiger charge is 2.21. The molecule has 0 saturated heterocycles. The minimum Gasteiger partial charge on any atom is -0.368 e. The molecule has 0 aliphatic carbocycles. The number of hydrogen-bond donors (Lipinski definition) is 1. The molecule has 100 valence electrons. The second kappa shape index (κ2) is 5.53. The second-order valence-corrected chi connectivity index (χ2v) is 5.36. The van der Waals surface area contributed by atoms with Crippen LogP contribution in [0.4, 0.5) is 10.2 Å². The zero-order chi connectivity index (χ0) is 13.9. The minimum absolute atomic E-state index is 0.229. The van der Waals surface area contributed by atoms with Crippen molar-refractivity contribution in [1.82, 2.24) is 9.97 Å². The summed E-state index contributed by atoms with van der Waals surface area (Å²) >= 11 is 5.77. The summed E-state index contributed by atoms with van der Waals surface area (Å²) < 4.78 is 13.3. The topological polar surface area (TPSA) is 37.8 Å². The first kappa shape index (κ1) is 13.7. The van der Waals surface area contributed by atoms with E-state index in [0.717, 1.165) is 5.56 Å². The molecule has 1 heterocycles. The van der Waals surface area contributed by atoms with Gasteiger partial charge in [-0.05, 0) is 17.7 Å². The number of halogens is 2. The van der Waals surface area contributed by atoms with Crippen LogP contribution in [-0.2, 0) is 5.41 Å². The summed E-state index contributed by atoms with van der Waals surface area (Å²) in [4.78, 5) is 8.06. The van der Waals surface area contributed by atoms with Gasteiger partial charge >= 0.3 is 0 Å². The van der Waals surface area contributed by atoms with E-state index in [1.807, 2.05) is 19.9 Å². The molecular weight excluding hydrogens is 265 g/mol. The number of rotatable bonds is 4. The van der Waals surface area contributed by atoms with E-state index in [9.17, 15) is 4.39 Å². The highest BCUT2D eigenvalue weighted by Crippen LogP contribution is 2.24. The molecule has 0 unspecified atom stereocenters. The molecule has 2 rings (SSSR count). The zero-order valence-electron chi connectivity index (χ0n) is 10.8. The molecular formula is C14H15ClFN3. The van der Waals surface area contributed by atoms with E-state index in [4.69, 9.17) is 11.6 Å². The summed E-state index contributed by atoms with van der Waals surface area (Å²) in [5.74, 6) is 0.380. The Morgan fingerprint density at radius 3 is 2.79 bits per heavy atom. The third-order valence-electron chi connectivity index (χ3n) is 2.92. The van der Waals surface area contributed by atoms with Gasteiger partial charge in [0.05, 0.1) is 12.4 Å². The van der Waals surface area contributed by atoms with Gasteiger partial charge in [0.15, 0.2) is 0 Å². The van der Waals surface area contributed by atoms with Crippen LogP contribution < -0.4 is 5.32 Å². The Morgan fingerprint density at radius 1 is 1.32 bits per heavy atom. The molecule has 0 aliphatic rings. The number of benzene rings is 1. The molecule has 1 aromatic carbocycles. The normalized spacial score (nSPS) is 11.4. The Bertz CT molecular complexity index is 572. The van der Waals surface area contributed by atoms with Crippen molar-refractivity contribution in [3.05, 3.63) is 53.2 Å². The predicted molar refractivity (Wildman–Crippen MR) is 75.0 cm³/mol. The molecule has 5 heteroatoms. The van der Waals surface area contributed by atoms with E-state index >= 15 is 0 Å². The molecule has 0 fully saturated rings. The maximum atomic E-state index is 13.3. The molecule has 0 saturated carbocycles. The van der Waals surface area contributed by atoms with E-state index in [1.165, 1.54) is 12.3 Å². The molecule has 0 amide bonds. The molecule has 0 aliphatic heterocycles. The Hall–Kier alpha value is -1.68. The maximum Gasteiger partial charge on any atom is 0.149 e. The van der Waals surface area contributed by atoms with Gasteiger partial charge in [-0.25, -0.2) is 9.37 Å². The smallest absolute Gasteiger partial charge is 0.149 e. The number of hydrogen-bond acceptors (Lipinski definition) is 3. The lowest BCUT2D eigenvalue weighted by Gasteiger charge is -2.26. The Morgan fingerprint density at radius 2 is 2.11 bits per heavy atom. The average molecular weight is 280 g/mol. The number of nitrogens with zero attached hydrogens (tertiary/aromatic N) is 2. The predicted octanol–water partition coefficient (Wildman–Crippen LogP) is 3.66. The van der Waals surface area contributed by atoms with Crippen LogP contribution in [0.15, 0.2) is 36.7 Å². The lowest BCUT2D eigenvalue weighted by atomic mass is 9.84. The van der Waals surface area contributed by atoms with Crippen molar-refractivity contribution >= 4 is 17.4 Å². The number of aromatic nitrogens is 2. The van der Waals surface area contributed by atoms with E-state index in [0.29, 0.717) is 17.5 Å². The Labute approximate surface area is 116 Å². The first-order valence-corrected chi connectivity index (χ1v) is 6.33. The molecule has 0 radical (unpaired) electrons. The maximum absolute atomic E-state index is 13.3. The van der Waals surface area contributed by atoms with Crippen LogP contribution in [0.3, 0.4) is 0 Å². The van der Waals surface area contributed by atoms with Crippen LogP contribution in [0, 0.1) is 5.82 Å². The van der Waals surface area contributed by atoms with E-state index < -0.39 is 0 Å². The van der Waals surface area contributed by atoms with Gasteiger partial charge in [-0.1, -0.05) is 37.6 Å². The molecule has 2 aromatic rings. The van der Waals surface area contributed by atoms with Gasteiger partial charge in [-0.3, -0.25) is 4.98 Å². The first-order chi connectivity index (χ1) is 8.97. The Kier molecular flexibility index (Phi) is 4.00. The van der Waals surface area contributed by atoms with Crippen molar-refractivity contribution in [2.75, 3.05) is 11.9 Å². The van der Waals surface area contributed by atoms with Gasteiger partial charge in [-0.2, -0.15) is 0 Å². The van der Waals surface area contributed by atoms with Crippen LogP contribution in [0.25, 0.3) is 0 Å². The van der Waals surface area contributed by atoms with Crippen LogP contribution in [0.1, 0.15) is 19.4 Å². The lowest BCUT2D eigenvalue weighted by molar-refractivity contribution is 0.545. The summed E-state index contributed by atoms with van der Waals surface area (Å²) in [6.45, 7) is 4.67. The fraction of sp³-hybridized carbons (Fsp3) is 0.286. The van der Waals surface area contributed by atoms with Crippen LogP contribution >= 0.6 is 11.6 Å². The van der Waals surface area contributed by atoms with Crippen molar-refractivity contribution in [3.63, 3.8) is 0 Å². The summed E-state index contributed by atoms with van der Waals surface area (Å²) in [6.07, 6.45) is 3.08. The molecule has 0 spiro atoms. The molecule has 3 nitrogen and oxygen atoms in total. The molecule has 1 aromatic heterocycles. The van der Waals surface area contributed by atoms with E-state index in [-0.39, 0.29) is 11.2 Å². The third-order valence-corrected chi connectivity index (χ3v) is 3.10. The fourth-order valence-electron chi connectivity index (χ4n) is 1.75. The molecule has 0 atom stereocenters.